The predicted molar refractivity (Wildman–Crippen MR) is 78.8 cm³/mol. The third-order valence-corrected chi connectivity index (χ3v) is 5.48. The molecule has 0 aliphatic heterocycles. The molecule has 3 rings (SSSR count). The molecule has 2 atom stereocenters. The van der Waals surface area contributed by atoms with Gasteiger partial charge in [-0.25, -0.2) is 0 Å². The minimum atomic E-state index is -0.330. The van der Waals surface area contributed by atoms with Crippen LogP contribution in [0.2, 0.25) is 0 Å². The van der Waals surface area contributed by atoms with Gasteiger partial charge >= 0.3 is 0 Å². The molecule has 1 aromatic rings. The Morgan fingerprint density at radius 2 is 2.30 bits per heavy atom. The number of carbonyl (C=O) groups is 1. The van der Waals surface area contributed by atoms with Gasteiger partial charge in [-0.15, -0.1) is 0 Å². The van der Waals surface area contributed by atoms with Crippen LogP contribution in [-0.4, -0.2) is 10.9 Å². The van der Waals surface area contributed by atoms with Crippen molar-refractivity contribution in [3.8, 4) is 0 Å². The van der Waals surface area contributed by atoms with Crippen LogP contribution in [0, 0.1) is 16.7 Å². The first-order chi connectivity index (χ1) is 9.47. The Labute approximate surface area is 120 Å². The molecule has 20 heavy (non-hydrogen) atoms. The van der Waals surface area contributed by atoms with Gasteiger partial charge in [-0.05, 0) is 42.7 Å². The van der Waals surface area contributed by atoms with E-state index in [4.69, 9.17) is 0 Å². The fraction of sp³-hybridized carbons (Fsp3) is 0.529. The first kappa shape index (κ1) is 13.3. The molecular formula is C17H22N2O. The van der Waals surface area contributed by atoms with E-state index in [1.165, 1.54) is 0 Å². The Hall–Kier alpha value is -1.64. The fourth-order valence-corrected chi connectivity index (χ4v) is 3.98. The largest absolute Gasteiger partial charge is 0.350 e. The van der Waals surface area contributed by atoms with Gasteiger partial charge in [0.25, 0.3) is 0 Å². The number of hydrogen-bond donors (Lipinski definition) is 1. The molecule has 1 aromatic heterocycles. The van der Waals surface area contributed by atoms with Crippen molar-refractivity contribution in [3.05, 3.63) is 42.2 Å². The molecular weight excluding hydrogens is 248 g/mol. The second kappa shape index (κ2) is 4.44. The minimum Gasteiger partial charge on any atom is -0.350 e. The van der Waals surface area contributed by atoms with Crippen molar-refractivity contribution < 1.29 is 4.79 Å². The minimum absolute atomic E-state index is 0.0978. The van der Waals surface area contributed by atoms with Gasteiger partial charge in [-0.2, -0.15) is 0 Å². The van der Waals surface area contributed by atoms with E-state index in [9.17, 15) is 4.79 Å². The summed E-state index contributed by atoms with van der Waals surface area (Å²) in [6, 6.07) is 5.76. The van der Waals surface area contributed by atoms with Crippen molar-refractivity contribution >= 4 is 5.91 Å². The molecule has 0 unspecified atom stereocenters. The highest BCUT2D eigenvalue weighted by Gasteiger charge is 2.60. The molecule has 0 radical (unpaired) electrons. The number of fused-ring (bicyclic) bond motifs is 2. The number of carbonyl (C=O) groups excluding carboxylic acids is 1. The second-order valence-corrected chi connectivity index (χ2v) is 6.73. The van der Waals surface area contributed by atoms with Gasteiger partial charge in [0, 0.05) is 6.20 Å². The quantitative estimate of drug-likeness (QED) is 0.858. The Morgan fingerprint density at radius 3 is 2.90 bits per heavy atom. The molecule has 106 valence electrons. The smallest absolute Gasteiger partial charge is 0.230 e. The van der Waals surface area contributed by atoms with E-state index in [-0.39, 0.29) is 16.7 Å². The lowest BCUT2D eigenvalue weighted by atomic mass is 9.68. The van der Waals surface area contributed by atoms with Crippen molar-refractivity contribution in [1.82, 2.24) is 10.3 Å². The van der Waals surface area contributed by atoms with Gasteiger partial charge in [-0.3, -0.25) is 9.78 Å². The Kier molecular flexibility index (Phi) is 2.96. The molecule has 2 bridgehead atoms. The third-order valence-electron chi connectivity index (χ3n) is 5.48. The fourth-order valence-electron chi connectivity index (χ4n) is 3.98. The molecule has 2 saturated carbocycles. The van der Waals surface area contributed by atoms with Crippen LogP contribution in [0.4, 0.5) is 0 Å². The summed E-state index contributed by atoms with van der Waals surface area (Å²) in [6.07, 6.45) is 4.81. The van der Waals surface area contributed by atoms with E-state index < -0.39 is 0 Å². The average Bonchev–Trinajstić information content (AvgIpc) is 2.98. The van der Waals surface area contributed by atoms with E-state index in [2.05, 4.69) is 30.7 Å². The van der Waals surface area contributed by atoms with Gasteiger partial charge in [0.2, 0.25) is 5.91 Å². The maximum atomic E-state index is 12.7. The maximum Gasteiger partial charge on any atom is 0.230 e. The Morgan fingerprint density at radius 1 is 1.50 bits per heavy atom. The monoisotopic (exact) mass is 270 g/mol. The molecule has 2 fully saturated rings. The van der Waals surface area contributed by atoms with E-state index in [1.807, 2.05) is 18.2 Å². The topological polar surface area (TPSA) is 42.0 Å². The average molecular weight is 270 g/mol. The predicted octanol–water partition coefficient (Wildman–Crippen LogP) is 3.08. The van der Waals surface area contributed by atoms with Crippen LogP contribution in [0.1, 0.15) is 38.8 Å². The molecule has 0 aromatic carbocycles. The van der Waals surface area contributed by atoms with Crippen LogP contribution in [-0.2, 0) is 11.3 Å². The molecule has 3 nitrogen and oxygen atoms in total. The molecule has 3 heteroatoms. The summed E-state index contributed by atoms with van der Waals surface area (Å²) in [4.78, 5) is 16.9. The van der Waals surface area contributed by atoms with Gasteiger partial charge in [-0.1, -0.05) is 32.1 Å². The SMILES string of the molecule is C=C1C(C)(C)[C@@H]2CC[C@]1(C(=O)NCc1ccccn1)C2. The van der Waals surface area contributed by atoms with Crippen LogP contribution in [0.25, 0.3) is 0 Å². The summed E-state index contributed by atoms with van der Waals surface area (Å²) < 4.78 is 0. The Bertz CT molecular complexity index is 549. The molecule has 0 spiro atoms. The van der Waals surface area contributed by atoms with Gasteiger partial charge in [0.05, 0.1) is 17.7 Å². The van der Waals surface area contributed by atoms with E-state index in [0.717, 1.165) is 30.5 Å². The second-order valence-electron chi connectivity index (χ2n) is 6.73. The van der Waals surface area contributed by atoms with Crippen LogP contribution in [0.3, 0.4) is 0 Å². The highest BCUT2D eigenvalue weighted by molar-refractivity contribution is 5.87. The van der Waals surface area contributed by atoms with Crippen LogP contribution in [0.15, 0.2) is 36.5 Å². The maximum absolute atomic E-state index is 12.7. The summed E-state index contributed by atoms with van der Waals surface area (Å²) >= 11 is 0. The van der Waals surface area contributed by atoms with Crippen molar-refractivity contribution in [1.29, 1.82) is 0 Å². The number of nitrogens with one attached hydrogen (secondary N) is 1. The molecule has 2 aliphatic carbocycles. The first-order valence-electron chi connectivity index (χ1n) is 7.35. The highest BCUT2D eigenvalue weighted by Crippen LogP contribution is 2.65. The molecule has 1 heterocycles. The van der Waals surface area contributed by atoms with Gasteiger partial charge in [0.1, 0.15) is 0 Å². The van der Waals surface area contributed by atoms with Crippen molar-refractivity contribution in [2.75, 3.05) is 0 Å². The van der Waals surface area contributed by atoms with Crippen LogP contribution < -0.4 is 5.32 Å². The van der Waals surface area contributed by atoms with E-state index in [1.54, 1.807) is 6.20 Å². The van der Waals surface area contributed by atoms with E-state index >= 15 is 0 Å². The summed E-state index contributed by atoms with van der Waals surface area (Å²) in [5.41, 5.74) is 1.79. The molecule has 2 aliphatic rings. The van der Waals surface area contributed by atoms with Crippen LogP contribution >= 0.6 is 0 Å². The first-order valence-corrected chi connectivity index (χ1v) is 7.35. The number of rotatable bonds is 3. The van der Waals surface area contributed by atoms with Crippen molar-refractivity contribution in [2.45, 2.75) is 39.7 Å². The lowest BCUT2D eigenvalue weighted by Crippen LogP contribution is -2.41. The summed E-state index contributed by atoms with van der Waals surface area (Å²) in [5, 5.41) is 3.07. The lowest BCUT2D eigenvalue weighted by Gasteiger charge is -2.37. The Balaban J connectivity index is 1.73. The zero-order chi connectivity index (χ0) is 14.4. The third kappa shape index (κ3) is 1.80. The van der Waals surface area contributed by atoms with Crippen molar-refractivity contribution in [2.24, 2.45) is 16.7 Å². The summed E-state index contributed by atoms with van der Waals surface area (Å²) in [6.45, 7) is 9.22. The molecule has 1 amide bonds. The lowest BCUT2D eigenvalue weighted by molar-refractivity contribution is -0.128. The number of hydrogen-bond acceptors (Lipinski definition) is 2. The van der Waals surface area contributed by atoms with E-state index in [0.29, 0.717) is 12.5 Å². The number of aromatic nitrogens is 1. The molecule has 0 saturated heterocycles. The zero-order valence-electron chi connectivity index (χ0n) is 12.3. The van der Waals surface area contributed by atoms with Gasteiger partial charge in [0.15, 0.2) is 0 Å². The van der Waals surface area contributed by atoms with Gasteiger partial charge < -0.3 is 5.32 Å². The highest BCUT2D eigenvalue weighted by atomic mass is 16.2. The zero-order valence-corrected chi connectivity index (χ0v) is 12.3. The number of pyridine rings is 1. The standard InChI is InChI=1S/C17H22N2O/c1-12-16(2,3)13-7-8-17(12,10-13)15(20)19-11-14-6-4-5-9-18-14/h4-6,9,13H,1,7-8,10-11H2,2-3H3,(H,19,20)/t13-,17+/m1/s1. The normalized spacial score (nSPS) is 30.5. The number of nitrogens with zero attached hydrogens (tertiary/aromatic N) is 1. The molecule has 1 N–H and O–H groups in total. The summed E-state index contributed by atoms with van der Waals surface area (Å²) in [7, 11) is 0. The number of amides is 1. The van der Waals surface area contributed by atoms with Crippen molar-refractivity contribution in [3.63, 3.8) is 0 Å². The van der Waals surface area contributed by atoms with Crippen LogP contribution in [0.5, 0.6) is 0 Å². The summed E-state index contributed by atoms with van der Waals surface area (Å²) in [5.74, 6) is 0.747.